The van der Waals surface area contributed by atoms with E-state index in [0.717, 1.165) is 77.5 Å². The first-order valence-corrected chi connectivity index (χ1v) is 19.4. The molecule has 57 heavy (non-hydrogen) atoms. The second-order valence-electron chi connectivity index (χ2n) is 14.8. The van der Waals surface area contributed by atoms with E-state index in [1.165, 1.54) is 38.1 Å². The molecule has 0 unspecified atom stereocenters. The number of furan rings is 2. The van der Waals surface area contributed by atoms with Gasteiger partial charge < -0.3 is 13.7 Å². The van der Waals surface area contributed by atoms with Crippen molar-refractivity contribution in [3.8, 4) is 22.3 Å². The third-order valence-corrected chi connectivity index (χ3v) is 11.7. The van der Waals surface area contributed by atoms with Crippen LogP contribution in [0, 0.1) is 0 Å². The molecular formula is C54H33NO2. The van der Waals surface area contributed by atoms with Gasteiger partial charge in [0.15, 0.2) is 0 Å². The van der Waals surface area contributed by atoms with Crippen molar-refractivity contribution in [1.29, 1.82) is 0 Å². The molecule has 10 aromatic carbocycles. The summed E-state index contributed by atoms with van der Waals surface area (Å²) in [4.78, 5) is 2.37. The highest BCUT2D eigenvalue weighted by Gasteiger charge is 2.22. The van der Waals surface area contributed by atoms with E-state index in [1.807, 2.05) is 12.1 Å². The van der Waals surface area contributed by atoms with Gasteiger partial charge in [0.05, 0.1) is 5.69 Å². The summed E-state index contributed by atoms with van der Waals surface area (Å²) >= 11 is 0. The highest BCUT2D eigenvalue weighted by Crippen LogP contribution is 2.46. The molecule has 12 aromatic rings. The second-order valence-corrected chi connectivity index (χ2v) is 14.8. The van der Waals surface area contributed by atoms with Crippen LogP contribution < -0.4 is 4.90 Å². The minimum Gasteiger partial charge on any atom is -0.456 e. The molecular weight excluding hydrogens is 695 g/mol. The summed E-state index contributed by atoms with van der Waals surface area (Å²) < 4.78 is 13.2. The number of hydrogen-bond donors (Lipinski definition) is 0. The topological polar surface area (TPSA) is 29.5 Å². The predicted octanol–water partition coefficient (Wildman–Crippen LogP) is 15.7. The van der Waals surface area contributed by atoms with Crippen molar-refractivity contribution in [2.24, 2.45) is 0 Å². The zero-order chi connectivity index (χ0) is 37.5. The van der Waals surface area contributed by atoms with Crippen LogP contribution in [0.4, 0.5) is 17.1 Å². The van der Waals surface area contributed by atoms with E-state index in [4.69, 9.17) is 8.83 Å². The van der Waals surface area contributed by atoms with Crippen LogP contribution >= 0.6 is 0 Å². The lowest BCUT2D eigenvalue weighted by molar-refractivity contribution is 0.669. The molecule has 0 saturated carbocycles. The smallest absolute Gasteiger partial charge is 0.143 e. The zero-order valence-electron chi connectivity index (χ0n) is 30.8. The fraction of sp³-hybridized carbons (Fsp3) is 0. The van der Waals surface area contributed by atoms with E-state index in [2.05, 4.69) is 193 Å². The van der Waals surface area contributed by atoms with Crippen molar-refractivity contribution >= 4 is 93.3 Å². The van der Waals surface area contributed by atoms with E-state index in [1.54, 1.807) is 0 Å². The first-order chi connectivity index (χ1) is 28.3. The standard InChI is InChI=1S/C54H33NO2/c1-3-13-39-34(11-1)25-30-43-40(17-9-18-42(39)43)36-23-27-37(28-24-36)55(38-29-32-52-49(33-38)45-16-6-8-22-51(45)56-52)50-21-7-5-15-44(50)46-19-10-20-47-48-31-26-35-12-2-4-14-41(35)53(48)57-54(46)47/h1-33H. The van der Waals surface area contributed by atoms with Crippen LogP contribution in [-0.2, 0) is 0 Å². The molecule has 0 spiro atoms. The van der Waals surface area contributed by atoms with Crippen molar-refractivity contribution < 1.29 is 8.83 Å². The highest BCUT2D eigenvalue weighted by molar-refractivity contribution is 6.18. The fourth-order valence-electron chi connectivity index (χ4n) is 9.00. The van der Waals surface area contributed by atoms with Crippen molar-refractivity contribution in [2.75, 3.05) is 4.90 Å². The zero-order valence-corrected chi connectivity index (χ0v) is 30.8. The molecule has 0 aliphatic heterocycles. The number of rotatable bonds is 5. The van der Waals surface area contributed by atoms with Crippen LogP contribution in [0.25, 0.3) is 98.4 Å². The lowest BCUT2D eigenvalue weighted by atomic mass is 9.94. The van der Waals surface area contributed by atoms with Gasteiger partial charge >= 0.3 is 0 Å². The van der Waals surface area contributed by atoms with Gasteiger partial charge in [0, 0.05) is 49.4 Å². The van der Waals surface area contributed by atoms with Gasteiger partial charge in [-0.3, -0.25) is 0 Å². The number of fused-ring (bicyclic) bond motifs is 11. The molecule has 0 aliphatic rings. The fourth-order valence-corrected chi connectivity index (χ4v) is 9.00. The molecule has 12 rings (SSSR count). The minimum absolute atomic E-state index is 0.867. The highest BCUT2D eigenvalue weighted by atomic mass is 16.3. The summed E-state index contributed by atoms with van der Waals surface area (Å²) in [6.07, 6.45) is 0. The normalized spacial score (nSPS) is 11.9. The van der Waals surface area contributed by atoms with Gasteiger partial charge in [-0.2, -0.15) is 0 Å². The molecule has 3 nitrogen and oxygen atoms in total. The van der Waals surface area contributed by atoms with E-state index < -0.39 is 0 Å². The largest absolute Gasteiger partial charge is 0.456 e. The van der Waals surface area contributed by atoms with Crippen molar-refractivity contribution in [2.45, 2.75) is 0 Å². The summed E-state index contributed by atoms with van der Waals surface area (Å²) in [5, 5.41) is 11.7. The molecule has 0 atom stereocenters. The molecule has 0 saturated heterocycles. The Morgan fingerprint density at radius 1 is 0.298 bits per heavy atom. The monoisotopic (exact) mass is 727 g/mol. The molecule has 3 heteroatoms. The summed E-state index contributed by atoms with van der Waals surface area (Å²) in [5.41, 5.74) is 11.2. The number of nitrogens with zero attached hydrogens (tertiary/aromatic N) is 1. The van der Waals surface area contributed by atoms with Crippen molar-refractivity contribution in [1.82, 2.24) is 0 Å². The molecule has 0 bridgehead atoms. The molecule has 0 fully saturated rings. The number of anilines is 3. The summed E-state index contributed by atoms with van der Waals surface area (Å²) in [6, 6.07) is 71.5. The summed E-state index contributed by atoms with van der Waals surface area (Å²) in [6.45, 7) is 0. The molecule has 0 N–H and O–H groups in total. The number of para-hydroxylation sites is 3. The van der Waals surface area contributed by atoms with Gasteiger partial charge in [-0.05, 0) is 86.6 Å². The number of hydrogen-bond acceptors (Lipinski definition) is 3. The van der Waals surface area contributed by atoms with Gasteiger partial charge in [0.1, 0.15) is 22.3 Å². The van der Waals surface area contributed by atoms with Crippen LogP contribution in [0.3, 0.4) is 0 Å². The van der Waals surface area contributed by atoms with Crippen LogP contribution in [0.5, 0.6) is 0 Å². The first-order valence-electron chi connectivity index (χ1n) is 19.4. The van der Waals surface area contributed by atoms with Crippen molar-refractivity contribution in [3.63, 3.8) is 0 Å². The Bertz CT molecular complexity index is 3530. The Morgan fingerprint density at radius 3 is 1.75 bits per heavy atom. The Hall–Kier alpha value is -7.62. The number of benzene rings is 10. The van der Waals surface area contributed by atoms with Crippen molar-refractivity contribution in [3.05, 3.63) is 200 Å². The maximum absolute atomic E-state index is 6.89. The maximum atomic E-state index is 6.89. The van der Waals surface area contributed by atoms with Gasteiger partial charge in [-0.25, -0.2) is 0 Å². The molecule has 2 aromatic heterocycles. The van der Waals surface area contributed by atoms with Crippen LogP contribution in [-0.4, -0.2) is 0 Å². The summed E-state index contributed by atoms with van der Waals surface area (Å²) in [5.74, 6) is 0. The van der Waals surface area contributed by atoms with Crippen LogP contribution in [0.1, 0.15) is 0 Å². The molecule has 266 valence electrons. The average Bonchev–Trinajstić information content (AvgIpc) is 3.85. The van der Waals surface area contributed by atoms with E-state index >= 15 is 0 Å². The Morgan fingerprint density at radius 2 is 0.895 bits per heavy atom. The predicted molar refractivity (Wildman–Crippen MR) is 239 cm³/mol. The van der Waals surface area contributed by atoms with E-state index in [-0.39, 0.29) is 0 Å². The van der Waals surface area contributed by atoms with Gasteiger partial charge in [0.25, 0.3) is 0 Å². The Kier molecular flexibility index (Phi) is 6.93. The first kappa shape index (κ1) is 31.7. The maximum Gasteiger partial charge on any atom is 0.143 e. The Balaban J connectivity index is 1.06. The van der Waals surface area contributed by atoms with Gasteiger partial charge in [-0.1, -0.05) is 152 Å². The Labute approximate surface area is 328 Å². The minimum atomic E-state index is 0.867. The summed E-state index contributed by atoms with van der Waals surface area (Å²) in [7, 11) is 0. The average molecular weight is 728 g/mol. The quantitative estimate of drug-likeness (QED) is 0.165. The van der Waals surface area contributed by atoms with E-state index in [9.17, 15) is 0 Å². The van der Waals surface area contributed by atoms with Gasteiger partial charge in [-0.15, -0.1) is 0 Å². The lowest BCUT2D eigenvalue weighted by Crippen LogP contribution is -2.11. The molecule has 0 aliphatic carbocycles. The lowest BCUT2D eigenvalue weighted by Gasteiger charge is -2.28. The van der Waals surface area contributed by atoms with Crippen LogP contribution in [0.2, 0.25) is 0 Å². The molecule has 0 amide bonds. The third kappa shape index (κ3) is 4.92. The second kappa shape index (κ2) is 12.5. The SMILES string of the molecule is c1ccc(N(c2ccc(-c3cccc4c3ccc3ccccc34)cc2)c2ccc3oc4ccccc4c3c2)c(-c2cccc3c2oc2c4ccccc4ccc32)c1. The third-order valence-electron chi connectivity index (χ3n) is 11.7. The van der Waals surface area contributed by atoms with Gasteiger partial charge in [0.2, 0.25) is 0 Å². The van der Waals surface area contributed by atoms with E-state index in [0.29, 0.717) is 0 Å². The van der Waals surface area contributed by atoms with Crippen LogP contribution in [0.15, 0.2) is 209 Å². The molecule has 2 heterocycles. The molecule has 0 radical (unpaired) electrons.